The first kappa shape index (κ1) is 37.3. The summed E-state index contributed by atoms with van der Waals surface area (Å²) in [6.45, 7) is 7.15. The zero-order valence-corrected chi connectivity index (χ0v) is 35.3. The maximum absolute atomic E-state index is 2.46. The number of benzene rings is 10. The van der Waals surface area contributed by atoms with Crippen molar-refractivity contribution < 1.29 is 0 Å². The Bertz CT molecular complexity index is 3260. The molecule has 1 aliphatic carbocycles. The first-order valence-corrected chi connectivity index (χ1v) is 21.6. The number of para-hydroxylation sites is 4. The van der Waals surface area contributed by atoms with Gasteiger partial charge in [0.25, 0.3) is 0 Å². The van der Waals surface area contributed by atoms with Crippen LogP contribution in [0.3, 0.4) is 0 Å². The fourth-order valence-corrected chi connectivity index (χ4v) is 10.1. The monoisotopic (exact) mass is 794 g/mol. The third-order valence-electron chi connectivity index (χ3n) is 13.0. The van der Waals surface area contributed by atoms with Gasteiger partial charge in [-0.1, -0.05) is 178 Å². The molecule has 0 fully saturated rings. The lowest BCUT2D eigenvalue weighted by molar-refractivity contribution is 0.645. The number of hydrogen-bond acceptors (Lipinski definition) is 2. The summed E-state index contributed by atoms with van der Waals surface area (Å²) in [6.07, 6.45) is 0. The highest BCUT2D eigenvalue weighted by molar-refractivity contribution is 6.19. The van der Waals surface area contributed by atoms with Crippen LogP contribution in [0.5, 0.6) is 0 Å². The number of nitrogens with zero attached hydrogens (tertiary/aromatic N) is 2. The quantitative estimate of drug-likeness (QED) is 0.141. The van der Waals surface area contributed by atoms with E-state index >= 15 is 0 Å². The molecule has 0 aliphatic heterocycles. The van der Waals surface area contributed by atoms with E-state index in [-0.39, 0.29) is 5.41 Å². The standard InChI is InChI=1S/C60H46N2/c1-41-48-37-35-46(61(44-25-12-6-13-26-44)56-33-18-16-29-49(56)42-21-8-4-9-22-42)39-53(48)51-31-20-32-54-59(51)58(41)52-38-36-47(40-55(52)60(54,2)3)62(45-27-14-7-15-28-45)57-34-19-17-30-50(57)43-23-10-5-11-24-43/h4-40H,1-3H3. The van der Waals surface area contributed by atoms with Gasteiger partial charge in [-0.05, 0) is 128 Å². The fourth-order valence-electron chi connectivity index (χ4n) is 10.1. The van der Waals surface area contributed by atoms with Gasteiger partial charge in [-0.3, -0.25) is 0 Å². The van der Waals surface area contributed by atoms with Crippen molar-refractivity contribution >= 4 is 55.7 Å². The Morgan fingerprint density at radius 1 is 0.339 bits per heavy atom. The van der Waals surface area contributed by atoms with Gasteiger partial charge in [0, 0.05) is 39.3 Å². The van der Waals surface area contributed by atoms with Crippen molar-refractivity contribution in [3.05, 3.63) is 241 Å². The van der Waals surface area contributed by atoms with Crippen LogP contribution in [0.25, 0.3) is 54.9 Å². The number of aryl methyl sites for hydroxylation is 1. The van der Waals surface area contributed by atoms with Gasteiger partial charge in [-0.25, -0.2) is 0 Å². The highest BCUT2D eigenvalue weighted by Crippen LogP contribution is 2.54. The summed E-state index contributed by atoms with van der Waals surface area (Å²) in [7, 11) is 0. The molecule has 0 N–H and O–H groups in total. The van der Waals surface area contributed by atoms with Crippen LogP contribution in [0.2, 0.25) is 0 Å². The second kappa shape index (κ2) is 15.1. The molecule has 2 nitrogen and oxygen atoms in total. The number of rotatable bonds is 8. The van der Waals surface area contributed by atoms with Crippen molar-refractivity contribution in [2.24, 2.45) is 0 Å². The van der Waals surface area contributed by atoms with Crippen molar-refractivity contribution in [3.8, 4) is 33.4 Å². The lowest BCUT2D eigenvalue weighted by Crippen LogP contribution is -2.25. The molecule has 10 aromatic rings. The molecule has 11 rings (SSSR count). The molecule has 0 aromatic heterocycles. The lowest BCUT2D eigenvalue weighted by atomic mass is 9.67. The summed E-state index contributed by atoms with van der Waals surface area (Å²) in [4.78, 5) is 4.85. The molecular formula is C60H46N2. The molecule has 62 heavy (non-hydrogen) atoms. The van der Waals surface area contributed by atoms with Gasteiger partial charge in [0.1, 0.15) is 0 Å². The van der Waals surface area contributed by atoms with Crippen LogP contribution in [0.4, 0.5) is 34.1 Å². The van der Waals surface area contributed by atoms with Gasteiger partial charge in [-0.15, -0.1) is 0 Å². The lowest BCUT2D eigenvalue weighted by Gasteiger charge is -2.38. The average Bonchev–Trinajstić information content (AvgIpc) is 3.33. The first-order valence-electron chi connectivity index (χ1n) is 21.6. The Labute approximate surface area is 364 Å². The smallest absolute Gasteiger partial charge is 0.0540 e. The summed E-state index contributed by atoms with van der Waals surface area (Å²) >= 11 is 0. The third kappa shape index (κ3) is 6.10. The molecular weight excluding hydrogens is 749 g/mol. The molecule has 1 aliphatic rings. The van der Waals surface area contributed by atoms with Gasteiger partial charge in [0.15, 0.2) is 0 Å². The van der Waals surface area contributed by atoms with E-state index in [1.807, 2.05) is 0 Å². The minimum atomic E-state index is -0.276. The molecule has 0 bridgehead atoms. The summed E-state index contributed by atoms with van der Waals surface area (Å²) in [5.41, 5.74) is 17.9. The zero-order chi connectivity index (χ0) is 41.8. The third-order valence-corrected chi connectivity index (χ3v) is 13.0. The molecule has 0 spiro atoms. The van der Waals surface area contributed by atoms with Crippen LogP contribution in [0.15, 0.2) is 224 Å². The molecule has 0 saturated carbocycles. The molecule has 0 radical (unpaired) electrons. The Morgan fingerprint density at radius 2 is 0.823 bits per heavy atom. The van der Waals surface area contributed by atoms with Crippen molar-refractivity contribution in [3.63, 3.8) is 0 Å². The summed E-state index contributed by atoms with van der Waals surface area (Å²) in [6, 6.07) is 81.8. The Kier molecular flexibility index (Phi) is 9.09. The van der Waals surface area contributed by atoms with Gasteiger partial charge >= 0.3 is 0 Å². The van der Waals surface area contributed by atoms with Gasteiger partial charge in [0.05, 0.1) is 11.4 Å². The molecule has 0 amide bonds. The van der Waals surface area contributed by atoms with Crippen LogP contribution in [-0.4, -0.2) is 0 Å². The largest absolute Gasteiger partial charge is 0.310 e. The van der Waals surface area contributed by atoms with Crippen LogP contribution in [0.1, 0.15) is 30.5 Å². The van der Waals surface area contributed by atoms with Crippen LogP contribution >= 0.6 is 0 Å². The van der Waals surface area contributed by atoms with E-state index < -0.39 is 0 Å². The predicted octanol–water partition coefficient (Wildman–Crippen LogP) is 16.9. The van der Waals surface area contributed by atoms with Gasteiger partial charge in [-0.2, -0.15) is 0 Å². The molecule has 0 heterocycles. The summed E-state index contributed by atoms with van der Waals surface area (Å²) in [5, 5.41) is 5.18. The number of fused-ring (bicyclic) bond motifs is 4. The Morgan fingerprint density at radius 3 is 1.39 bits per heavy atom. The van der Waals surface area contributed by atoms with Crippen molar-refractivity contribution in [1.29, 1.82) is 0 Å². The summed E-state index contributed by atoms with van der Waals surface area (Å²) < 4.78 is 0. The van der Waals surface area contributed by atoms with E-state index in [1.54, 1.807) is 0 Å². The highest BCUT2D eigenvalue weighted by atomic mass is 15.1. The second-order valence-corrected chi connectivity index (χ2v) is 16.9. The van der Waals surface area contributed by atoms with Crippen molar-refractivity contribution in [2.45, 2.75) is 26.2 Å². The van der Waals surface area contributed by atoms with Crippen LogP contribution < -0.4 is 9.80 Å². The molecule has 2 heteroatoms. The summed E-state index contributed by atoms with van der Waals surface area (Å²) in [5.74, 6) is 0. The minimum absolute atomic E-state index is 0.276. The van der Waals surface area contributed by atoms with E-state index in [4.69, 9.17) is 0 Å². The van der Waals surface area contributed by atoms with Crippen LogP contribution in [-0.2, 0) is 5.41 Å². The first-order chi connectivity index (χ1) is 30.5. The molecule has 0 unspecified atom stereocenters. The maximum atomic E-state index is 2.46. The second-order valence-electron chi connectivity index (χ2n) is 16.9. The predicted molar refractivity (Wildman–Crippen MR) is 264 cm³/mol. The highest BCUT2D eigenvalue weighted by Gasteiger charge is 2.36. The maximum Gasteiger partial charge on any atom is 0.0540 e. The molecule has 10 aromatic carbocycles. The molecule has 296 valence electrons. The van der Waals surface area contributed by atoms with E-state index in [1.165, 1.54) is 71.6 Å². The van der Waals surface area contributed by atoms with E-state index in [9.17, 15) is 0 Å². The Hall–Kier alpha value is -7.68. The average molecular weight is 795 g/mol. The Balaban J connectivity index is 1.11. The van der Waals surface area contributed by atoms with Gasteiger partial charge in [0.2, 0.25) is 0 Å². The van der Waals surface area contributed by atoms with Crippen molar-refractivity contribution in [1.82, 2.24) is 0 Å². The van der Waals surface area contributed by atoms with Crippen LogP contribution in [0, 0.1) is 6.92 Å². The topological polar surface area (TPSA) is 6.48 Å². The van der Waals surface area contributed by atoms with Crippen molar-refractivity contribution in [2.75, 3.05) is 9.80 Å². The van der Waals surface area contributed by atoms with Gasteiger partial charge < -0.3 is 9.80 Å². The normalized spacial score (nSPS) is 12.6. The van der Waals surface area contributed by atoms with E-state index in [0.717, 1.165) is 34.1 Å². The minimum Gasteiger partial charge on any atom is -0.310 e. The molecule has 0 atom stereocenters. The van der Waals surface area contributed by atoms with E-state index in [2.05, 4.69) is 255 Å². The number of hydrogen-bond donors (Lipinski definition) is 0. The SMILES string of the molecule is Cc1c2c3c(cccc3c3cc(N(c4ccccc4)c4ccccc4-c4ccccc4)ccc13)C(C)(C)c1cc(N(c3ccccc3)c3ccccc3-c3ccccc3)ccc1-2. The fraction of sp³-hybridized carbons (Fsp3) is 0.0667. The van der Waals surface area contributed by atoms with E-state index in [0.29, 0.717) is 0 Å². The zero-order valence-electron chi connectivity index (χ0n) is 35.3. The number of anilines is 6. The molecule has 0 saturated heterocycles.